The maximum Gasteiger partial charge on any atom is 0.416 e. The van der Waals surface area contributed by atoms with Crippen LogP contribution in [0.5, 0.6) is 5.75 Å². The summed E-state index contributed by atoms with van der Waals surface area (Å²) in [5.41, 5.74) is 2.46. The molecule has 2 aromatic carbocycles. The maximum absolute atomic E-state index is 13.0. The molecule has 1 saturated carbocycles. The molecule has 1 aliphatic heterocycles. The fourth-order valence-electron chi connectivity index (χ4n) is 6.87. The van der Waals surface area contributed by atoms with Crippen molar-refractivity contribution in [3.8, 4) is 11.8 Å². The first-order valence-corrected chi connectivity index (χ1v) is 16.3. The summed E-state index contributed by atoms with van der Waals surface area (Å²) in [5.74, 6) is 1.05. The molecule has 3 aliphatic rings. The molecule has 6 rings (SSSR count). The van der Waals surface area contributed by atoms with E-state index in [-0.39, 0.29) is 30.0 Å². The molecule has 242 valence electrons. The highest BCUT2D eigenvalue weighted by Crippen LogP contribution is 2.32. The Hall–Kier alpha value is -4.10. The van der Waals surface area contributed by atoms with Crippen LogP contribution in [0, 0.1) is 17.2 Å². The fraction of sp³-hybridized carbons (Fsp3) is 0.472. The molecule has 2 heterocycles. The topological polar surface area (TPSA) is 91.4 Å². The number of allylic oxidation sites excluding steroid dienone is 2. The quantitative estimate of drug-likeness (QED) is 0.260. The Morgan fingerprint density at radius 2 is 1.83 bits per heavy atom. The van der Waals surface area contributed by atoms with Crippen molar-refractivity contribution in [2.45, 2.75) is 88.6 Å². The Kier molecular flexibility index (Phi) is 9.78. The van der Waals surface area contributed by atoms with Crippen molar-refractivity contribution < 1.29 is 27.1 Å². The highest BCUT2D eigenvalue weighted by Gasteiger charge is 2.34. The smallest absolute Gasteiger partial charge is 0.416 e. The van der Waals surface area contributed by atoms with E-state index in [4.69, 9.17) is 14.4 Å². The highest BCUT2D eigenvalue weighted by molar-refractivity contribution is 5.92. The zero-order valence-corrected chi connectivity index (χ0v) is 25.8. The molecular weight excluding hydrogens is 593 g/mol. The number of ether oxygens (including phenoxy) is 1. The number of oxazole rings is 1. The van der Waals surface area contributed by atoms with Gasteiger partial charge in [-0.2, -0.15) is 18.4 Å². The summed E-state index contributed by atoms with van der Waals surface area (Å²) in [6.07, 6.45) is 9.03. The van der Waals surface area contributed by atoms with E-state index in [1.807, 2.05) is 30.3 Å². The fourth-order valence-corrected chi connectivity index (χ4v) is 6.87. The number of rotatable bonds is 9. The number of hydrogen-bond acceptors (Lipinski definition) is 6. The van der Waals surface area contributed by atoms with Gasteiger partial charge in [-0.05, 0) is 93.5 Å². The van der Waals surface area contributed by atoms with Crippen LogP contribution >= 0.6 is 0 Å². The van der Waals surface area contributed by atoms with Crippen LogP contribution in [0.25, 0.3) is 11.1 Å². The largest absolute Gasteiger partial charge is 0.490 e. The van der Waals surface area contributed by atoms with E-state index in [1.54, 1.807) is 18.2 Å². The number of halogens is 3. The number of nitrogens with zero attached hydrogens (tertiary/aromatic N) is 3. The van der Waals surface area contributed by atoms with Crippen LogP contribution in [-0.2, 0) is 6.42 Å². The first kappa shape index (κ1) is 31.9. The zero-order valence-electron chi connectivity index (χ0n) is 25.8. The minimum absolute atomic E-state index is 0.0145. The molecule has 46 heavy (non-hydrogen) atoms. The molecule has 0 radical (unpaired) electrons. The Morgan fingerprint density at radius 3 is 2.50 bits per heavy atom. The van der Waals surface area contributed by atoms with E-state index in [0.717, 1.165) is 70.9 Å². The normalized spacial score (nSPS) is 22.7. The second-order valence-corrected chi connectivity index (χ2v) is 12.7. The number of nitrogens with one attached hydrogen (secondary N) is 1. The van der Waals surface area contributed by atoms with Gasteiger partial charge in [0.1, 0.15) is 17.4 Å². The lowest BCUT2D eigenvalue weighted by Gasteiger charge is -2.37. The van der Waals surface area contributed by atoms with Crippen molar-refractivity contribution in [2.24, 2.45) is 5.92 Å². The number of nitriles is 1. The Balaban J connectivity index is 0.927. The van der Waals surface area contributed by atoms with E-state index in [2.05, 4.69) is 21.3 Å². The number of aryl methyl sites for hydroxylation is 1. The van der Waals surface area contributed by atoms with E-state index in [9.17, 15) is 18.0 Å². The first-order chi connectivity index (χ1) is 22.2. The highest BCUT2D eigenvalue weighted by atomic mass is 19.4. The average Bonchev–Trinajstić information content (AvgIpc) is 3.50. The standard InChI is InChI=1S/C36H39F3N4O3/c37-36(38,39)27-10-14-29(15-11-27)43-20-18-30(19-21-43)45-31-16-17-32-33(22-31)46-35(42-32)34(44)41-28-12-8-25(9-13-28)3-1-2-24-4-6-26(23-40)7-5-24/h4-7,10-11,14,16-17,22,25,28-30H,1-3,8-9,12-13,15,18-21H2,(H,41,44). The average molecular weight is 633 g/mol. The molecule has 1 saturated heterocycles. The molecule has 1 atom stereocenters. The van der Waals surface area contributed by atoms with Crippen molar-refractivity contribution in [2.75, 3.05) is 13.1 Å². The van der Waals surface area contributed by atoms with Gasteiger partial charge in [0.2, 0.25) is 0 Å². The Morgan fingerprint density at radius 1 is 1.07 bits per heavy atom. The number of carbonyl (C=O) groups excluding carboxylic acids is 1. The van der Waals surface area contributed by atoms with Gasteiger partial charge in [0.25, 0.3) is 5.89 Å². The van der Waals surface area contributed by atoms with Gasteiger partial charge in [-0.15, -0.1) is 0 Å². The maximum atomic E-state index is 13.0. The summed E-state index contributed by atoms with van der Waals surface area (Å²) in [7, 11) is 0. The van der Waals surface area contributed by atoms with Crippen LogP contribution < -0.4 is 10.1 Å². The third-order valence-electron chi connectivity index (χ3n) is 9.55. The van der Waals surface area contributed by atoms with Gasteiger partial charge in [0.15, 0.2) is 5.58 Å². The minimum atomic E-state index is -4.30. The van der Waals surface area contributed by atoms with E-state index < -0.39 is 11.7 Å². The predicted molar refractivity (Wildman–Crippen MR) is 168 cm³/mol. The minimum Gasteiger partial charge on any atom is -0.490 e. The van der Waals surface area contributed by atoms with Crippen molar-refractivity contribution >= 4 is 17.0 Å². The number of fused-ring (bicyclic) bond motifs is 1. The van der Waals surface area contributed by atoms with Crippen molar-refractivity contribution in [3.05, 3.63) is 83.3 Å². The lowest BCUT2D eigenvalue weighted by atomic mass is 9.83. The molecule has 7 nitrogen and oxygen atoms in total. The molecule has 0 spiro atoms. The van der Waals surface area contributed by atoms with E-state index >= 15 is 0 Å². The van der Waals surface area contributed by atoms with Gasteiger partial charge in [-0.3, -0.25) is 9.69 Å². The molecule has 10 heteroatoms. The van der Waals surface area contributed by atoms with E-state index in [1.165, 1.54) is 17.7 Å². The number of piperidine rings is 1. The summed E-state index contributed by atoms with van der Waals surface area (Å²) >= 11 is 0. The van der Waals surface area contributed by atoms with Gasteiger partial charge in [-0.25, -0.2) is 4.98 Å². The SMILES string of the molecule is N#Cc1ccc(CCCC2CCC(NC(=O)c3nc4ccc(OC5CCN(C6C=CC(C(F)(F)F)=CC6)CC5)cc4o3)CC2)cc1. The number of alkyl halides is 3. The summed E-state index contributed by atoms with van der Waals surface area (Å²) in [6.45, 7) is 1.48. The van der Waals surface area contributed by atoms with Crippen molar-refractivity contribution in [1.29, 1.82) is 5.26 Å². The number of aromatic nitrogens is 1. The number of hydrogen-bond donors (Lipinski definition) is 1. The zero-order chi connectivity index (χ0) is 32.1. The summed E-state index contributed by atoms with van der Waals surface area (Å²) < 4.78 is 50.8. The van der Waals surface area contributed by atoms with Crippen LogP contribution in [0.3, 0.4) is 0 Å². The molecule has 2 fully saturated rings. The lowest BCUT2D eigenvalue weighted by molar-refractivity contribution is -0.0888. The van der Waals surface area contributed by atoms with Gasteiger partial charge in [0.05, 0.1) is 17.2 Å². The van der Waals surface area contributed by atoms with Gasteiger partial charge >= 0.3 is 12.1 Å². The summed E-state index contributed by atoms with van der Waals surface area (Å²) in [4.78, 5) is 19.6. The first-order valence-electron chi connectivity index (χ1n) is 16.3. The summed E-state index contributed by atoms with van der Waals surface area (Å²) in [5, 5.41) is 12.1. The molecule has 1 amide bonds. The van der Waals surface area contributed by atoms with Crippen LogP contribution in [0.4, 0.5) is 13.2 Å². The van der Waals surface area contributed by atoms with Gasteiger partial charge < -0.3 is 14.5 Å². The monoisotopic (exact) mass is 632 g/mol. The van der Waals surface area contributed by atoms with Gasteiger partial charge in [-0.1, -0.05) is 36.8 Å². The van der Waals surface area contributed by atoms with Gasteiger partial charge in [0, 0.05) is 31.2 Å². The molecule has 2 aliphatic carbocycles. The van der Waals surface area contributed by atoms with E-state index in [0.29, 0.717) is 34.8 Å². The van der Waals surface area contributed by atoms with Crippen molar-refractivity contribution in [1.82, 2.24) is 15.2 Å². The number of likely N-dealkylation sites (tertiary alicyclic amines) is 1. The second-order valence-electron chi connectivity index (χ2n) is 12.7. The molecule has 3 aromatic rings. The molecular formula is C36H39F3N4O3. The second kappa shape index (κ2) is 14.1. The lowest BCUT2D eigenvalue weighted by Crippen LogP contribution is -2.43. The number of benzene rings is 2. The van der Waals surface area contributed by atoms with Crippen LogP contribution in [-0.4, -0.2) is 53.2 Å². The number of amides is 1. The summed E-state index contributed by atoms with van der Waals surface area (Å²) in [6, 6.07) is 15.4. The van der Waals surface area contributed by atoms with Crippen LogP contribution in [0.1, 0.15) is 79.6 Å². The Bertz CT molecular complexity index is 1610. The van der Waals surface area contributed by atoms with Crippen LogP contribution in [0.15, 0.2) is 70.7 Å². The molecule has 1 aromatic heterocycles. The molecule has 0 bridgehead atoms. The third kappa shape index (κ3) is 8.00. The third-order valence-corrected chi connectivity index (χ3v) is 9.55. The van der Waals surface area contributed by atoms with Crippen molar-refractivity contribution in [3.63, 3.8) is 0 Å². The molecule has 1 N–H and O–H groups in total. The van der Waals surface area contributed by atoms with Crippen LogP contribution in [0.2, 0.25) is 0 Å². The number of carbonyl (C=O) groups is 1. The Labute approximate surface area is 267 Å². The molecule has 1 unspecified atom stereocenters. The predicted octanol–water partition coefficient (Wildman–Crippen LogP) is 7.67.